The fourth-order valence-corrected chi connectivity index (χ4v) is 2.43. The maximum Gasteiger partial charge on any atom is 0.279 e. The summed E-state index contributed by atoms with van der Waals surface area (Å²) in [5, 5.41) is 14.7. The summed E-state index contributed by atoms with van der Waals surface area (Å²) in [6, 6.07) is 3.00. The van der Waals surface area contributed by atoms with E-state index in [4.69, 9.17) is 0 Å². The molecule has 5 nitrogen and oxygen atoms in total. The first kappa shape index (κ1) is 11.2. The van der Waals surface area contributed by atoms with Crippen molar-refractivity contribution in [1.29, 1.82) is 0 Å². The molecule has 18 heavy (non-hydrogen) atoms. The highest BCUT2D eigenvalue weighted by Gasteiger charge is 2.26. The largest absolute Gasteiger partial charge is 0.505 e. The molecule has 0 bridgehead atoms. The van der Waals surface area contributed by atoms with Crippen LogP contribution in [0.5, 0.6) is 5.75 Å². The van der Waals surface area contributed by atoms with Crippen LogP contribution in [-0.2, 0) is 0 Å². The SMILES string of the molecule is O=C(Nc1nc(C2CC2)cs1)c1ncccc1O. The summed E-state index contributed by atoms with van der Waals surface area (Å²) in [6.45, 7) is 0. The van der Waals surface area contributed by atoms with Gasteiger partial charge in [-0.3, -0.25) is 10.1 Å². The van der Waals surface area contributed by atoms with Gasteiger partial charge in [-0.15, -0.1) is 11.3 Å². The van der Waals surface area contributed by atoms with E-state index in [0.717, 1.165) is 5.69 Å². The van der Waals surface area contributed by atoms with Crippen molar-refractivity contribution < 1.29 is 9.90 Å². The van der Waals surface area contributed by atoms with Gasteiger partial charge >= 0.3 is 0 Å². The van der Waals surface area contributed by atoms with Gasteiger partial charge < -0.3 is 5.11 Å². The number of aromatic nitrogens is 2. The van der Waals surface area contributed by atoms with Gasteiger partial charge in [0.15, 0.2) is 10.8 Å². The number of anilines is 1. The van der Waals surface area contributed by atoms with E-state index < -0.39 is 5.91 Å². The van der Waals surface area contributed by atoms with Crippen molar-refractivity contribution in [3.63, 3.8) is 0 Å². The van der Waals surface area contributed by atoms with Crippen LogP contribution in [0.3, 0.4) is 0 Å². The van der Waals surface area contributed by atoms with E-state index in [2.05, 4.69) is 15.3 Å². The maximum absolute atomic E-state index is 11.9. The molecule has 1 aliphatic carbocycles. The van der Waals surface area contributed by atoms with Crippen molar-refractivity contribution in [1.82, 2.24) is 9.97 Å². The average Bonchev–Trinajstić information content (AvgIpc) is 3.11. The monoisotopic (exact) mass is 261 g/mol. The number of aromatic hydroxyl groups is 1. The number of rotatable bonds is 3. The molecule has 92 valence electrons. The molecular weight excluding hydrogens is 250 g/mol. The van der Waals surface area contributed by atoms with Gasteiger partial charge in [0.05, 0.1) is 5.69 Å². The van der Waals surface area contributed by atoms with Gasteiger partial charge in [0.25, 0.3) is 5.91 Å². The number of carbonyl (C=O) groups excluding carboxylic acids is 1. The molecule has 3 rings (SSSR count). The number of hydrogen-bond acceptors (Lipinski definition) is 5. The molecule has 2 heterocycles. The van der Waals surface area contributed by atoms with Crippen molar-refractivity contribution >= 4 is 22.4 Å². The second kappa shape index (κ2) is 4.38. The van der Waals surface area contributed by atoms with E-state index in [-0.39, 0.29) is 11.4 Å². The van der Waals surface area contributed by atoms with E-state index in [0.29, 0.717) is 11.0 Å². The molecule has 6 heteroatoms. The molecule has 1 aliphatic rings. The number of thiazole rings is 1. The summed E-state index contributed by atoms with van der Waals surface area (Å²) in [7, 11) is 0. The lowest BCUT2D eigenvalue weighted by molar-refractivity contribution is 0.101. The Morgan fingerprint density at radius 3 is 3.06 bits per heavy atom. The quantitative estimate of drug-likeness (QED) is 0.889. The molecule has 0 atom stereocenters. The third-order valence-electron chi connectivity index (χ3n) is 2.74. The molecule has 0 unspecified atom stereocenters. The fraction of sp³-hybridized carbons (Fsp3) is 0.250. The highest BCUT2D eigenvalue weighted by molar-refractivity contribution is 7.14. The average molecular weight is 261 g/mol. The predicted octanol–water partition coefficient (Wildman–Crippen LogP) is 2.37. The zero-order valence-electron chi connectivity index (χ0n) is 9.46. The summed E-state index contributed by atoms with van der Waals surface area (Å²) < 4.78 is 0. The van der Waals surface area contributed by atoms with Crippen LogP contribution < -0.4 is 5.32 Å². The van der Waals surface area contributed by atoms with Crippen LogP contribution in [0.2, 0.25) is 0 Å². The zero-order valence-corrected chi connectivity index (χ0v) is 10.3. The van der Waals surface area contributed by atoms with Gasteiger partial charge in [-0.2, -0.15) is 0 Å². The summed E-state index contributed by atoms with van der Waals surface area (Å²) in [4.78, 5) is 20.1. The van der Waals surface area contributed by atoms with Crippen LogP contribution >= 0.6 is 11.3 Å². The van der Waals surface area contributed by atoms with Gasteiger partial charge in [-0.1, -0.05) is 0 Å². The molecular formula is C12H11N3O2S. The molecule has 1 saturated carbocycles. The minimum absolute atomic E-state index is 0.0145. The second-order valence-corrected chi connectivity index (χ2v) is 5.04. The van der Waals surface area contributed by atoms with Crippen LogP contribution in [0.25, 0.3) is 0 Å². The van der Waals surface area contributed by atoms with E-state index in [1.54, 1.807) is 6.07 Å². The van der Waals surface area contributed by atoms with Crippen LogP contribution in [0.15, 0.2) is 23.7 Å². The third kappa shape index (κ3) is 2.19. The summed E-state index contributed by atoms with van der Waals surface area (Å²) in [6.07, 6.45) is 3.82. The smallest absolute Gasteiger partial charge is 0.279 e. The third-order valence-corrected chi connectivity index (χ3v) is 3.52. The van der Waals surface area contributed by atoms with Gasteiger partial charge in [-0.05, 0) is 25.0 Å². The standard InChI is InChI=1S/C12H11N3O2S/c16-9-2-1-5-13-10(9)11(17)15-12-14-8(6-18-12)7-3-4-7/h1-2,5-7,16H,3-4H2,(H,14,15,17). The Bertz CT molecular complexity index is 593. The van der Waals surface area contributed by atoms with Crippen LogP contribution in [-0.4, -0.2) is 21.0 Å². The summed E-state index contributed by atoms with van der Waals surface area (Å²) >= 11 is 1.39. The highest BCUT2D eigenvalue weighted by Crippen LogP contribution is 2.40. The Morgan fingerprint density at radius 2 is 2.33 bits per heavy atom. The van der Waals surface area contributed by atoms with Crippen molar-refractivity contribution in [3.8, 4) is 5.75 Å². The minimum atomic E-state index is -0.440. The highest BCUT2D eigenvalue weighted by atomic mass is 32.1. The van der Waals surface area contributed by atoms with E-state index in [1.807, 2.05) is 5.38 Å². The predicted molar refractivity (Wildman–Crippen MR) is 67.9 cm³/mol. The first-order valence-electron chi connectivity index (χ1n) is 5.65. The fourth-order valence-electron chi connectivity index (χ4n) is 1.64. The van der Waals surface area contributed by atoms with Crippen LogP contribution in [0.4, 0.5) is 5.13 Å². The van der Waals surface area contributed by atoms with E-state index >= 15 is 0 Å². The first-order chi connectivity index (χ1) is 8.74. The minimum Gasteiger partial charge on any atom is -0.505 e. The molecule has 2 N–H and O–H groups in total. The second-order valence-electron chi connectivity index (χ2n) is 4.18. The molecule has 1 fully saturated rings. The van der Waals surface area contributed by atoms with E-state index in [1.165, 1.54) is 36.4 Å². The number of nitrogens with zero attached hydrogens (tertiary/aromatic N) is 2. The van der Waals surface area contributed by atoms with Crippen molar-refractivity contribution in [2.75, 3.05) is 5.32 Å². The van der Waals surface area contributed by atoms with Gasteiger partial charge in [-0.25, -0.2) is 9.97 Å². The topological polar surface area (TPSA) is 75.1 Å². The molecule has 1 amide bonds. The van der Waals surface area contributed by atoms with Gasteiger partial charge in [0.2, 0.25) is 0 Å². The Labute approximate surface area is 108 Å². The Balaban J connectivity index is 1.75. The van der Waals surface area contributed by atoms with Crippen molar-refractivity contribution in [3.05, 3.63) is 35.1 Å². The lowest BCUT2D eigenvalue weighted by Gasteiger charge is -2.02. The normalized spacial score (nSPS) is 14.4. The first-order valence-corrected chi connectivity index (χ1v) is 6.53. The number of nitrogens with one attached hydrogen (secondary N) is 1. The van der Waals surface area contributed by atoms with Crippen LogP contribution in [0.1, 0.15) is 34.9 Å². The van der Waals surface area contributed by atoms with Gasteiger partial charge in [0.1, 0.15) is 5.75 Å². The van der Waals surface area contributed by atoms with Crippen molar-refractivity contribution in [2.45, 2.75) is 18.8 Å². The lowest BCUT2D eigenvalue weighted by Crippen LogP contribution is -2.13. The van der Waals surface area contributed by atoms with Crippen molar-refractivity contribution in [2.24, 2.45) is 0 Å². The lowest BCUT2D eigenvalue weighted by atomic mass is 10.3. The van der Waals surface area contributed by atoms with Crippen LogP contribution in [0, 0.1) is 0 Å². The number of amides is 1. The summed E-state index contributed by atoms with van der Waals surface area (Å²) in [5.74, 6) is -0.00563. The molecule has 0 radical (unpaired) electrons. The Morgan fingerprint density at radius 1 is 1.50 bits per heavy atom. The number of pyridine rings is 1. The van der Waals surface area contributed by atoms with Gasteiger partial charge in [0, 0.05) is 17.5 Å². The Kier molecular flexibility index (Phi) is 2.71. The molecule has 0 spiro atoms. The molecule has 0 aliphatic heterocycles. The molecule has 0 saturated heterocycles. The zero-order chi connectivity index (χ0) is 12.5. The molecule has 2 aromatic rings. The molecule has 0 aromatic carbocycles. The number of carbonyl (C=O) groups is 1. The Hall–Kier alpha value is -1.95. The number of hydrogen-bond donors (Lipinski definition) is 2. The summed E-state index contributed by atoms with van der Waals surface area (Å²) in [5.41, 5.74) is 1.06. The maximum atomic E-state index is 11.9. The van der Waals surface area contributed by atoms with E-state index in [9.17, 15) is 9.90 Å². The molecule has 2 aromatic heterocycles.